The summed E-state index contributed by atoms with van der Waals surface area (Å²) in [6.07, 6.45) is 3.33. The van der Waals surface area contributed by atoms with Crippen molar-refractivity contribution in [2.45, 2.75) is 0 Å². The molecule has 0 saturated heterocycles. The van der Waals surface area contributed by atoms with Gasteiger partial charge in [0.15, 0.2) is 0 Å². The fourth-order valence-electron chi connectivity index (χ4n) is 3.73. The van der Waals surface area contributed by atoms with E-state index in [4.69, 9.17) is 0 Å². The number of nitrogens with zero attached hydrogens (tertiary/aromatic N) is 9. The normalized spacial score (nSPS) is 11.0. The topological polar surface area (TPSA) is 92.1 Å². The molecule has 33 heavy (non-hydrogen) atoms. The second kappa shape index (κ2) is 7.97. The summed E-state index contributed by atoms with van der Waals surface area (Å²) in [6.45, 7) is 0. The highest BCUT2D eigenvalue weighted by atomic mass is 15.4. The van der Waals surface area contributed by atoms with Gasteiger partial charge >= 0.3 is 0 Å². The number of hydrogen-bond donors (Lipinski definition) is 0. The number of para-hydroxylation sites is 3. The van der Waals surface area contributed by atoms with Crippen LogP contribution in [0.25, 0.3) is 40.4 Å². The number of hydrogen-bond acceptors (Lipinski definition) is 6. The monoisotopic (exact) mass is 431 g/mol. The second-order valence-corrected chi connectivity index (χ2v) is 7.24. The van der Waals surface area contributed by atoms with E-state index in [0.717, 1.165) is 17.1 Å². The first-order chi connectivity index (χ1) is 16.4. The van der Waals surface area contributed by atoms with Crippen molar-refractivity contribution in [1.82, 2.24) is 44.3 Å². The lowest BCUT2D eigenvalue weighted by Crippen LogP contribution is -2.06. The summed E-state index contributed by atoms with van der Waals surface area (Å²) in [5.74, 6) is 2.21. The van der Waals surface area contributed by atoms with Gasteiger partial charge in [-0.15, -0.1) is 30.6 Å². The standard InChI is InChI=1S/C24H17N9/c1-4-10-18(11-5-1)31-16-25-27-21(31)23-29-30-24(33(23)20-14-8-3-9-15-20)22-28-26-17-32(22)19-12-6-2-7-13-19/h1-17H. The molecular formula is C24H17N9. The highest BCUT2D eigenvalue weighted by Gasteiger charge is 2.24. The van der Waals surface area contributed by atoms with Crippen LogP contribution < -0.4 is 0 Å². The highest BCUT2D eigenvalue weighted by Crippen LogP contribution is 2.28. The Balaban J connectivity index is 1.58. The maximum atomic E-state index is 4.52. The Morgan fingerprint density at radius 3 is 1.21 bits per heavy atom. The third-order valence-corrected chi connectivity index (χ3v) is 5.24. The lowest BCUT2D eigenvalue weighted by atomic mass is 10.3. The van der Waals surface area contributed by atoms with Crippen LogP contribution in [0.5, 0.6) is 0 Å². The first kappa shape index (κ1) is 18.8. The van der Waals surface area contributed by atoms with Crippen LogP contribution in [0.15, 0.2) is 104 Å². The fraction of sp³-hybridized carbons (Fsp3) is 0. The second-order valence-electron chi connectivity index (χ2n) is 7.24. The Morgan fingerprint density at radius 1 is 0.394 bits per heavy atom. The molecule has 158 valence electrons. The summed E-state index contributed by atoms with van der Waals surface area (Å²) < 4.78 is 5.69. The van der Waals surface area contributed by atoms with E-state index in [1.54, 1.807) is 12.7 Å². The zero-order valence-corrected chi connectivity index (χ0v) is 17.3. The van der Waals surface area contributed by atoms with E-state index in [1.165, 1.54) is 0 Å². The molecule has 0 spiro atoms. The van der Waals surface area contributed by atoms with E-state index in [0.29, 0.717) is 23.3 Å². The molecule has 0 amide bonds. The molecular weight excluding hydrogens is 414 g/mol. The molecule has 0 saturated carbocycles. The van der Waals surface area contributed by atoms with Crippen molar-refractivity contribution in [3.8, 4) is 40.4 Å². The Labute approximate surface area is 188 Å². The summed E-state index contributed by atoms with van der Waals surface area (Å²) in [5.41, 5.74) is 2.72. The van der Waals surface area contributed by atoms with Crippen LogP contribution in [-0.2, 0) is 0 Å². The van der Waals surface area contributed by atoms with Crippen molar-refractivity contribution in [2.75, 3.05) is 0 Å². The Morgan fingerprint density at radius 2 is 0.788 bits per heavy atom. The van der Waals surface area contributed by atoms with Crippen LogP contribution in [-0.4, -0.2) is 44.3 Å². The first-order valence-corrected chi connectivity index (χ1v) is 10.3. The Bertz CT molecular complexity index is 1400. The average Bonchev–Trinajstić information content (AvgIpc) is 3.64. The van der Waals surface area contributed by atoms with Crippen molar-refractivity contribution in [3.63, 3.8) is 0 Å². The van der Waals surface area contributed by atoms with Gasteiger partial charge in [0, 0.05) is 17.1 Å². The van der Waals surface area contributed by atoms with Gasteiger partial charge in [0.2, 0.25) is 23.3 Å². The molecule has 0 atom stereocenters. The van der Waals surface area contributed by atoms with E-state index >= 15 is 0 Å². The van der Waals surface area contributed by atoms with Crippen LogP contribution in [0.3, 0.4) is 0 Å². The molecule has 0 N–H and O–H groups in total. The van der Waals surface area contributed by atoms with Gasteiger partial charge in [-0.2, -0.15) is 0 Å². The summed E-state index contributed by atoms with van der Waals surface area (Å²) in [4.78, 5) is 0. The maximum Gasteiger partial charge on any atom is 0.207 e. The smallest absolute Gasteiger partial charge is 0.207 e. The average molecular weight is 431 g/mol. The molecule has 9 nitrogen and oxygen atoms in total. The van der Waals surface area contributed by atoms with Gasteiger partial charge in [-0.25, -0.2) is 0 Å². The van der Waals surface area contributed by atoms with E-state index in [1.807, 2.05) is 105 Å². The fourth-order valence-corrected chi connectivity index (χ4v) is 3.73. The molecule has 0 fully saturated rings. The predicted octanol–water partition coefficient (Wildman–Crippen LogP) is 3.76. The first-order valence-electron chi connectivity index (χ1n) is 10.3. The van der Waals surface area contributed by atoms with Gasteiger partial charge in [0.05, 0.1) is 0 Å². The van der Waals surface area contributed by atoms with Crippen LogP contribution in [0.4, 0.5) is 0 Å². The van der Waals surface area contributed by atoms with Crippen LogP contribution in [0.1, 0.15) is 0 Å². The van der Waals surface area contributed by atoms with Crippen molar-refractivity contribution in [1.29, 1.82) is 0 Å². The molecule has 9 heteroatoms. The third-order valence-electron chi connectivity index (χ3n) is 5.24. The summed E-state index contributed by atoms with van der Waals surface area (Å²) >= 11 is 0. The van der Waals surface area contributed by atoms with Crippen molar-refractivity contribution in [3.05, 3.63) is 104 Å². The van der Waals surface area contributed by atoms with Gasteiger partial charge < -0.3 is 0 Å². The third kappa shape index (κ3) is 3.28. The van der Waals surface area contributed by atoms with Crippen LogP contribution in [0.2, 0.25) is 0 Å². The SMILES string of the molecule is c1ccc(-n2cnnc2-c2nnc(-c3nncn3-c3ccccc3)n2-c2ccccc2)cc1. The molecule has 0 radical (unpaired) electrons. The number of rotatable bonds is 5. The van der Waals surface area contributed by atoms with Gasteiger partial charge in [0.1, 0.15) is 12.7 Å². The van der Waals surface area contributed by atoms with E-state index in [2.05, 4.69) is 30.6 Å². The summed E-state index contributed by atoms with van der Waals surface area (Å²) in [6, 6.07) is 29.6. The van der Waals surface area contributed by atoms with Crippen molar-refractivity contribution >= 4 is 0 Å². The maximum absolute atomic E-state index is 4.52. The molecule has 0 aliphatic rings. The Kier molecular flexibility index (Phi) is 4.54. The number of benzene rings is 3. The van der Waals surface area contributed by atoms with E-state index in [-0.39, 0.29) is 0 Å². The highest BCUT2D eigenvalue weighted by molar-refractivity contribution is 5.61. The molecule has 0 aliphatic heterocycles. The molecule has 0 bridgehead atoms. The van der Waals surface area contributed by atoms with E-state index < -0.39 is 0 Å². The largest absolute Gasteiger partial charge is 0.279 e. The van der Waals surface area contributed by atoms with Gasteiger partial charge in [-0.05, 0) is 36.4 Å². The minimum absolute atomic E-state index is 0.542. The van der Waals surface area contributed by atoms with Crippen LogP contribution in [0, 0.1) is 0 Å². The van der Waals surface area contributed by atoms with Gasteiger partial charge in [0.25, 0.3) is 0 Å². The molecule has 0 unspecified atom stereocenters. The molecule has 3 heterocycles. The molecule has 0 aliphatic carbocycles. The zero-order valence-electron chi connectivity index (χ0n) is 17.3. The lowest BCUT2D eigenvalue weighted by molar-refractivity contribution is 0.968. The van der Waals surface area contributed by atoms with Crippen LogP contribution >= 0.6 is 0 Å². The minimum atomic E-state index is 0.542. The quantitative estimate of drug-likeness (QED) is 0.413. The zero-order chi connectivity index (χ0) is 22.0. The van der Waals surface area contributed by atoms with Crippen molar-refractivity contribution in [2.24, 2.45) is 0 Å². The summed E-state index contributed by atoms with van der Waals surface area (Å²) in [7, 11) is 0. The molecule has 6 rings (SSSR count). The minimum Gasteiger partial charge on any atom is -0.279 e. The molecule has 3 aromatic heterocycles. The van der Waals surface area contributed by atoms with Crippen molar-refractivity contribution < 1.29 is 0 Å². The lowest BCUT2D eigenvalue weighted by Gasteiger charge is -2.12. The van der Waals surface area contributed by atoms with E-state index in [9.17, 15) is 0 Å². The van der Waals surface area contributed by atoms with Gasteiger partial charge in [-0.1, -0.05) is 54.6 Å². The number of aromatic nitrogens is 9. The van der Waals surface area contributed by atoms with Gasteiger partial charge in [-0.3, -0.25) is 13.7 Å². The summed E-state index contributed by atoms with van der Waals surface area (Å²) in [5, 5.41) is 26.1. The predicted molar refractivity (Wildman–Crippen MR) is 122 cm³/mol. The molecule has 3 aromatic carbocycles. The Hall–Kier alpha value is -4.92. The molecule has 6 aromatic rings.